The van der Waals surface area contributed by atoms with E-state index < -0.39 is 0 Å². The maximum Gasteiger partial charge on any atom is 0.244 e. The first kappa shape index (κ1) is 20.0. The van der Waals surface area contributed by atoms with Gasteiger partial charge in [-0.15, -0.1) is 5.10 Å². The Kier molecular flexibility index (Phi) is 5.03. The molecule has 2 aromatic heterocycles. The minimum Gasteiger partial charge on any atom is -0.496 e. The lowest BCUT2D eigenvalue weighted by atomic mass is 9.83. The fraction of sp³-hybridized carbons (Fsp3) is 0.286. The number of H-pyrrole nitrogens is 1. The number of aryl methyl sites for hydroxylation is 2. The largest absolute Gasteiger partial charge is 0.496 e. The maximum absolute atomic E-state index is 9.78. The van der Waals surface area contributed by atoms with Crippen LogP contribution < -0.4 is 15.2 Å². The molecule has 8 nitrogen and oxygen atoms in total. The van der Waals surface area contributed by atoms with Crippen molar-refractivity contribution in [2.24, 2.45) is 5.73 Å². The highest BCUT2D eigenvalue weighted by atomic mass is 79.9. The van der Waals surface area contributed by atoms with E-state index in [9.17, 15) is 5.26 Å². The zero-order chi connectivity index (χ0) is 21.6. The lowest BCUT2D eigenvalue weighted by Crippen LogP contribution is -2.21. The number of nitrogens with two attached hydrogens (primary N) is 1. The fourth-order valence-electron chi connectivity index (χ4n) is 3.82. The van der Waals surface area contributed by atoms with Gasteiger partial charge in [0.1, 0.15) is 17.4 Å². The second-order valence-corrected chi connectivity index (χ2v) is 8.00. The summed E-state index contributed by atoms with van der Waals surface area (Å²) in [5, 5.41) is 21.5. The van der Waals surface area contributed by atoms with E-state index in [1.807, 2.05) is 43.7 Å². The lowest BCUT2D eigenvalue weighted by molar-refractivity contribution is 0.378. The summed E-state index contributed by atoms with van der Waals surface area (Å²) in [4.78, 5) is 0. The highest BCUT2D eigenvalue weighted by Crippen LogP contribution is 2.43. The van der Waals surface area contributed by atoms with Crippen LogP contribution in [0.5, 0.6) is 11.6 Å². The Bertz CT molecular complexity index is 1220. The molecular weight excluding hydrogens is 448 g/mol. The van der Waals surface area contributed by atoms with Crippen LogP contribution >= 0.6 is 15.9 Å². The molecule has 0 unspecified atom stereocenters. The lowest BCUT2D eigenvalue weighted by Gasteiger charge is -2.24. The third-order valence-electron chi connectivity index (χ3n) is 5.38. The van der Waals surface area contributed by atoms with Crippen molar-refractivity contribution < 1.29 is 9.47 Å². The van der Waals surface area contributed by atoms with Crippen LogP contribution in [0.1, 0.15) is 39.7 Å². The number of aromatic amines is 1. The van der Waals surface area contributed by atoms with Gasteiger partial charge >= 0.3 is 0 Å². The quantitative estimate of drug-likeness (QED) is 0.604. The molecule has 30 heavy (non-hydrogen) atoms. The number of benzene rings is 1. The van der Waals surface area contributed by atoms with E-state index >= 15 is 0 Å². The summed E-state index contributed by atoms with van der Waals surface area (Å²) < 4.78 is 14.1. The summed E-state index contributed by atoms with van der Waals surface area (Å²) >= 11 is 3.58. The molecule has 9 heteroatoms. The minimum atomic E-state index is -0.380. The number of rotatable bonds is 4. The highest BCUT2D eigenvalue weighted by molar-refractivity contribution is 9.10. The van der Waals surface area contributed by atoms with Gasteiger partial charge in [0.05, 0.1) is 35.4 Å². The summed E-state index contributed by atoms with van der Waals surface area (Å²) in [6.45, 7) is 6.39. The molecule has 0 aliphatic carbocycles. The molecule has 1 aliphatic rings. The molecule has 4 rings (SSSR count). The first-order valence-corrected chi connectivity index (χ1v) is 10.1. The van der Waals surface area contributed by atoms with E-state index in [0.717, 1.165) is 44.0 Å². The molecule has 3 heterocycles. The van der Waals surface area contributed by atoms with Crippen LogP contribution in [0.2, 0.25) is 0 Å². The molecule has 3 aromatic rings. The normalized spacial score (nSPS) is 15.5. The van der Waals surface area contributed by atoms with Gasteiger partial charge in [0.2, 0.25) is 11.8 Å². The minimum absolute atomic E-state index is 0.0707. The number of aromatic nitrogens is 4. The van der Waals surface area contributed by atoms with Crippen LogP contribution in [0.25, 0.3) is 0 Å². The van der Waals surface area contributed by atoms with Crippen LogP contribution in [-0.2, 0) is 6.54 Å². The average Bonchev–Trinajstić information content (AvgIpc) is 3.21. The van der Waals surface area contributed by atoms with Crippen molar-refractivity contribution in [1.29, 1.82) is 5.26 Å². The van der Waals surface area contributed by atoms with Gasteiger partial charge < -0.3 is 15.2 Å². The SMILES string of the molecule is COc1ccc([C@@H]2C(C#N)=C(N)Oc3n[nH]c(C)c32)cc1Cn1nc(C)c(Br)c1C. The molecule has 0 amide bonds. The molecule has 0 bridgehead atoms. The van der Waals surface area contributed by atoms with Crippen molar-refractivity contribution >= 4 is 15.9 Å². The van der Waals surface area contributed by atoms with Gasteiger partial charge in [-0.3, -0.25) is 9.78 Å². The molecule has 154 valence electrons. The third kappa shape index (κ3) is 3.13. The first-order valence-electron chi connectivity index (χ1n) is 9.34. The van der Waals surface area contributed by atoms with Crippen molar-refractivity contribution in [3.05, 3.63) is 67.9 Å². The van der Waals surface area contributed by atoms with Crippen molar-refractivity contribution in [3.8, 4) is 17.7 Å². The van der Waals surface area contributed by atoms with Gasteiger partial charge in [-0.2, -0.15) is 10.4 Å². The second-order valence-electron chi connectivity index (χ2n) is 7.21. The van der Waals surface area contributed by atoms with E-state index in [2.05, 4.69) is 37.3 Å². The molecule has 1 aliphatic heterocycles. The number of fused-ring (bicyclic) bond motifs is 1. The van der Waals surface area contributed by atoms with Crippen LogP contribution in [-0.4, -0.2) is 27.1 Å². The van der Waals surface area contributed by atoms with E-state index in [1.54, 1.807) is 7.11 Å². The third-order valence-corrected chi connectivity index (χ3v) is 6.53. The number of ether oxygens (including phenoxy) is 2. The number of nitrogens with zero attached hydrogens (tertiary/aromatic N) is 4. The number of halogens is 1. The van der Waals surface area contributed by atoms with Gasteiger partial charge in [0.15, 0.2) is 0 Å². The Morgan fingerprint density at radius 3 is 2.77 bits per heavy atom. The van der Waals surface area contributed by atoms with Crippen LogP contribution in [0.15, 0.2) is 34.1 Å². The molecular formula is C21H21BrN6O2. The summed E-state index contributed by atoms with van der Waals surface area (Å²) in [6.07, 6.45) is 0. The fourth-order valence-corrected chi connectivity index (χ4v) is 4.11. The van der Waals surface area contributed by atoms with E-state index in [-0.39, 0.29) is 11.8 Å². The van der Waals surface area contributed by atoms with Gasteiger partial charge in [0.25, 0.3) is 0 Å². The Balaban J connectivity index is 1.84. The Morgan fingerprint density at radius 1 is 1.37 bits per heavy atom. The van der Waals surface area contributed by atoms with Gasteiger partial charge in [0, 0.05) is 16.8 Å². The smallest absolute Gasteiger partial charge is 0.244 e. The van der Waals surface area contributed by atoms with Crippen LogP contribution in [0.3, 0.4) is 0 Å². The van der Waals surface area contributed by atoms with Crippen molar-refractivity contribution in [2.45, 2.75) is 33.2 Å². The molecule has 0 fully saturated rings. The monoisotopic (exact) mass is 468 g/mol. The summed E-state index contributed by atoms with van der Waals surface area (Å²) in [5.74, 6) is 0.832. The molecule has 1 atom stereocenters. The van der Waals surface area contributed by atoms with Crippen molar-refractivity contribution in [1.82, 2.24) is 20.0 Å². The topological polar surface area (TPSA) is 115 Å². The predicted molar refractivity (Wildman–Crippen MR) is 114 cm³/mol. The average molecular weight is 469 g/mol. The molecule has 3 N–H and O–H groups in total. The number of methoxy groups -OCH3 is 1. The number of hydrogen-bond acceptors (Lipinski definition) is 6. The number of hydrogen-bond donors (Lipinski definition) is 2. The van der Waals surface area contributed by atoms with Crippen LogP contribution in [0, 0.1) is 32.1 Å². The van der Waals surface area contributed by atoms with Crippen molar-refractivity contribution in [3.63, 3.8) is 0 Å². The molecule has 1 aromatic carbocycles. The molecule has 0 radical (unpaired) electrons. The Labute approximate surface area is 182 Å². The standard InChI is InChI=1S/C21H21BrN6O2/c1-10-17-18(15(8-23)20(24)30-21(17)26-25-10)13-5-6-16(29-4)14(7-13)9-28-12(3)19(22)11(2)27-28/h5-7,18H,9,24H2,1-4H3,(H,25,26)/t18-/m1/s1. The summed E-state index contributed by atoms with van der Waals surface area (Å²) in [7, 11) is 1.64. The maximum atomic E-state index is 9.78. The number of nitriles is 1. The second kappa shape index (κ2) is 7.54. The van der Waals surface area contributed by atoms with Crippen LogP contribution in [0.4, 0.5) is 0 Å². The van der Waals surface area contributed by atoms with Gasteiger partial charge in [-0.05, 0) is 54.4 Å². The highest BCUT2D eigenvalue weighted by Gasteiger charge is 2.34. The van der Waals surface area contributed by atoms with Gasteiger partial charge in [-0.1, -0.05) is 6.07 Å². The van der Waals surface area contributed by atoms with E-state index in [0.29, 0.717) is 18.0 Å². The van der Waals surface area contributed by atoms with Gasteiger partial charge in [-0.25, -0.2) is 0 Å². The first-order chi connectivity index (χ1) is 14.3. The summed E-state index contributed by atoms with van der Waals surface area (Å²) in [6, 6.07) is 8.08. The molecule has 0 saturated carbocycles. The predicted octanol–water partition coefficient (Wildman–Crippen LogP) is 3.57. The number of nitrogens with one attached hydrogen (secondary N) is 1. The molecule has 0 spiro atoms. The molecule has 0 saturated heterocycles. The Morgan fingerprint density at radius 2 is 2.13 bits per heavy atom. The van der Waals surface area contributed by atoms with E-state index in [1.165, 1.54) is 0 Å². The number of allylic oxidation sites excluding steroid dienone is 1. The Hall–Kier alpha value is -3.25. The van der Waals surface area contributed by atoms with E-state index in [4.69, 9.17) is 15.2 Å². The summed E-state index contributed by atoms with van der Waals surface area (Å²) in [5.41, 5.74) is 11.8. The van der Waals surface area contributed by atoms with Crippen molar-refractivity contribution in [2.75, 3.05) is 7.11 Å². The zero-order valence-corrected chi connectivity index (χ0v) is 18.7. The zero-order valence-electron chi connectivity index (χ0n) is 17.1.